The standard InChI is InChI=1S/C13H19NO4S/c1-10-6-7-11(19(2,17)18)9-12(10)14-13(16)5-3-4-8-15/h6-7,9,15H,3-5,8H2,1-2H3,(H,14,16). The summed E-state index contributed by atoms with van der Waals surface area (Å²) in [6.45, 7) is 1.87. The number of aliphatic hydroxyl groups is 1. The quantitative estimate of drug-likeness (QED) is 0.776. The molecule has 106 valence electrons. The molecule has 1 aromatic rings. The number of aliphatic hydroxyl groups excluding tert-OH is 1. The van der Waals surface area contributed by atoms with E-state index in [-0.39, 0.29) is 17.4 Å². The fourth-order valence-electron chi connectivity index (χ4n) is 1.58. The van der Waals surface area contributed by atoms with Crippen LogP contribution in [0.5, 0.6) is 0 Å². The number of benzene rings is 1. The van der Waals surface area contributed by atoms with E-state index in [9.17, 15) is 13.2 Å². The fourth-order valence-corrected chi connectivity index (χ4v) is 2.22. The molecule has 0 bridgehead atoms. The first-order chi connectivity index (χ1) is 8.84. The van der Waals surface area contributed by atoms with E-state index in [2.05, 4.69) is 5.32 Å². The highest BCUT2D eigenvalue weighted by Crippen LogP contribution is 2.20. The van der Waals surface area contributed by atoms with Gasteiger partial charge in [0.1, 0.15) is 0 Å². The summed E-state index contributed by atoms with van der Waals surface area (Å²) in [5, 5.41) is 11.3. The third-order valence-corrected chi connectivity index (χ3v) is 3.83. The van der Waals surface area contributed by atoms with Crippen molar-refractivity contribution < 1.29 is 18.3 Å². The van der Waals surface area contributed by atoms with Gasteiger partial charge in [0.15, 0.2) is 9.84 Å². The zero-order chi connectivity index (χ0) is 14.5. The molecule has 0 heterocycles. The Morgan fingerprint density at radius 1 is 1.32 bits per heavy atom. The summed E-state index contributed by atoms with van der Waals surface area (Å²) in [7, 11) is -3.28. The minimum absolute atomic E-state index is 0.0653. The van der Waals surface area contributed by atoms with Crippen LogP contribution in [0.15, 0.2) is 23.1 Å². The molecule has 0 spiro atoms. The summed E-state index contributed by atoms with van der Waals surface area (Å²) in [6.07, 6.45) is 2.62. The van der Waals surface area contributed by atoms with Crippen molar-refractivity contribution in [3.63, 3.8) is 0 Å². The maximum Gasteiger partial charge on any atom is 0.224 e. The molecule has 1 aromatic carbocycles. The zero-order valence-electron chi connectivity index (χ0n) is 11.1. The number of sulfone groups is 1. The van der Waals surface area contributed by atoms with Gasteiger partial charge in [-0.05, 0) is 37.5 Å². The van der Waals surface area contributed by atoms with Crippen molar-refractivity contribution in [3.05, 3.63) is 23.8 Å². The molecule has 5 nitrogen and oxygen atoms in total. The van der Waals surface area contributed by atoms with Crippen LogP contribution in [0, 0.1) is 6.92 Å². The van der Waals surface area contributed by atoms with Crippen molar-refractivity contribution in [2.24, 2.45) is 0 Å². The van der Waals surface area contributed by atoms with Gasteiger partial charge in [0.25, 0.3) is 0 Å². The molecule has 0 atom stereocenters. The highest BCUT2D eigenvalue weighted by Gasteiger charge is 2.11. The van der Waals surface area contributed by atoms with Gasteiger partial charge in [-0.2, -0.15) is 0 Å². The van der Waals surface area contributed by atoms with Crippen LogP contribution in [0.4, 0.5) is 5.69 Å². The van der Waals surface area contributed by atoms with E-state index in [1.54, 1.807) is 13.0 Å². The van der Waals surface area contributed by atoms with Crippen LogP contribution in [0.25, 0.3) is 0 Å². The number of amides is 1. The van der Waals surface area contributed by atoms with Crippen molar-refractivity contribution in [3.8, 4) is 0 Å². The molecule has 1 rings (SSSR count). The first kappa shape index (κ1) is 15.7. The van der Waals surface area contributed by atoms with Gasteiger partial charge in [-0.25, -0.2) is 8.42 Å². The number of hydrogen-bond acceptors (Lipinski definition) is 4. The largest absolute Gasteiger partial charge is 0.396 e. The Morgan fingerprint density at radius 3 is 2.58 bits per heavy atom. The molecular formula is C13H19NO4S. The van der Waals surface area contributed by atoms with Crippen LogP contribution in [-0.4, -0.2) is 32.3 Å². The van der Waals surface area contributed by atoms with E-state index < -0.39 is 9.84 Å². The Bertz CT molecular complexity index is 552. The fraction of sp³-hybridized carbons (Fsp3) is 0.462. The summed E-state index contributed by atoms with van der Waals surface area (Å²) < 4.78 is 22.9. The molecule has 0 aromatic heterocycles. The molecule has 2 N–H and O–H groups in total. The molecule has 0 unspecified atom stereocenters. The normalized spacial score (nSPS) is 11.3. The lowest BCUT2D eigenvalue weighted by molar-refractivity contribution is -0.116. The third kappa shape index (κ3) is 5.00. The van der Waals surface area contributed by atoms with Gasteiger partial charge in [0.05, 0.1) is 4.90 Å². The van der Waals surface area contributed by atoms with Gasteiger partial charge >= 0.3 is 0 Å². The van der Waals surface area contributed by atoms with Gasteiger partial charge in [0.2, 0.25) is 5.91 Å². The van der Waals surface area contributed by atoms with Gasteiger partial charge in [-0.1, -0.05) is 6.07 Å². The number of rotatable bonds is 6. The van der Waals surface area contributed by atoms with Crippen LogP contribution in [0.2, 0.25) is 0 Å². The molecular weight excluding hydrogens is 266 g/mol. The van der Waals surface area contributed by atoms with Crippen molar-refractivity contribution >= 4 is 21.4 Å². The molecule has 0 aliphatic carbocycles. The second-order valence-electron chi connectivity index (χ2n) is 4.48. The number of nitrogens with one attached hydrogen (secondary N) is 1. The van der Waals surface area contributed by atoms with Crippen LogP contribution in [0.1, 0.15) is 24.8 Å². The van der Waals surface area contributed by atoms with Gasteiger partial charge in [-0.3, -0.25) is 4.79 Å². The van der Waals surface area contributed by atoms with E-state index >= 15 is 0 Å². The summed E-state index contributed by atoms with van der Waals surface area (Å²) in [5.41, 5.74) is 1.32. The predicted octanol–water partition coefficient (Wildman–Crippen LogP) is 1.50. The van der Waals surface area contributed by atoms with E-state index in [1.807, 2.05) is 0 Å². The van der Waals surface area contributed by atoms with E-state index in [0.29, 0.717) is 24.9 Å². The number of carbonyl (C=O) groups is 1. The van der Waals surface area contributed by atoms with Gasteiger partial charge < -0.3 is 10.4 Å². The SMILES string of the molecule is Cc1ccc(S(C)(=O)=O)cc1NC(=O)CCCCO. The Hall–Kier alpha value is -1.40. The second kappa shape index (κ2) is 6.68. The lowest BCUT2D eigenvalue weighted by Gasteiger charge is -2.10. The molecule has 19 heavy (non-hydrogen) atoms. The zero-order valence-corrected chi connectivity index (χ0v) is 12.0. The van der Waals surface area contributed by atoms with Crippen molar-refractivity contribution in [2.45, 2.75) is 31.1 Å². The molecule has 1 amide bonds. The monoisotopic (exact) mass is 285 g/mol. The topological polar surface area (TPSA) is 83.5 Å². The van der Waals surface area contributed by atoms with Crippen LogP contribution < -0.4 is 5.32 Å². The number of aryl methyl sites for hydroxylation is 1. The van der Waals surface area contributed by atoms with E-state index in [0.717, 1.165) is 11.8 Å². The summed E-state index contributed by atoms with van der Waals surface area (Å²) in [6, 6.07) is 4.65. The maximum absolute atomic E-state index is 11.7. The number of unbranched alkanes of at least 4 members (excludes halogenated alkanes) is 1. The third-order valence-electron chi connectivity index (χ3n) is 2.72. The summed E-state index contributed by atoms with van der Waals surface area (Å²) in [4.78, 5) is 11.8. The molecule has 6 heteroatoms. The number of anilines is 1. The minimum atomic E-state index is -3.28. The van der Waals surface area contributed by atoms with E-state index in [1.165, 1.54) is 12.1 Å². The van der Waals surface area contributed by atoms with E-state index in [4.69, 9.17) is 5.11 Å². The average Bonchev–Trinajstić information content (AvgIpc) is 2.31. The molecule has 0 aliphatic heterocycles. The Balaban J connectivity index is 2.80. The number of carbonyl (C=O) groups excluding carboxylic acids is 1. The highest BCUT2D eigenvalue weighted by molar-refractivity contribution is 7.90. The van der Waals surface area contributed by atoms with Crippen LogP contribution in [0.3, 0.4) is 0 Å². The lowest BCUT2D eigenvalue weighted by atomic mass is 10.2. The minimum Gasteiger partial charge on any atom is -0.396 e. The Morgan fingerprint density at radius 2 is 2.00 bits per heavy atom. The Kier molecular flexibility index (Phi) is 5.50. The lowest BCUT2D eigenvalue weighted by Crippen LogP contribution is -2.13. The number of hydrogen-bond donors (Lipinski definition) is 2. The van der Waals surface area contributed by atoms with Gasteiger partial charge in [-0.15, -0.1) is 0 Å². The Labute approximate surface area is 113 Å². The molecule has 0 saturated carbocycles. The maximum atomic E-state index is 11.7. The second-order valence-corrected chi connectivity index (χ2v) is 6.49. The molecule has 0 saturated heterocycles. The molecule has 0 aliphatic rings. The van der Waals surface area contributed by atoms with Crippen molar-refractivity contribution in [1.82, 2.24) is 0 Å². The van der Waals surface area contributed by atoms with Gasteiger partial charge in [0, 0.05) is 25.0 Å². The predicted molar refractivity (Wildman–Crippen MR) is 73.9 cm³/mol. The van der Waals surface area contributed by atoms with Crippen LogP contribution in [-0.2, 0) is 14.6 Å². The van der Waals surface area contributed by atoms with Crippen LogP contribution >= 0.6 is 0 Å². The summed E-state index contributed by atoms with van der Waals surface area (Å²) in [5.74, 6) is -0.179. The average molecular weight is 285 g/mol. The summed E-state index contributed by atoms with van der Waals surface area (Å²) >= 11 is 0. The molecule has 0 radical (unpaired) electrons. The first-order valence-electron chi connectivity index (χ1n) is 6.06. The van der Waals surface area contributed by atoms with Crippen molar-refractivity contribution in [1.29, 1.82) is 0 Å². The first-order valence-corrected chi connectivity index (χ1v) is 7.95. The highest BCUT2D eigenvalue weighted by atomic mass is 32.2. The smallest absolute Gasteiger partial charge is 0.224 e. The molecule has 0 fully saturated rings. The van der Waals surface area contributed by atoms with Crippen molar-refractivity contribution in [2.75, 3.05) is 18.2 Å².